The minimum atomic E-state index is -0.694. The molecule has 0 saturated heterocycles. The fourth-order valence-electron chi connectivity index (χ4n) is 1.84. The average molecular weight is 310 g/mol. The quantitative estimate of drug-likeness (QED) is 0.757. The van der Waals surface area contributed by atoms with Gasteiger partial charge >= 0.3 is 0 Å². The third kappa shape index (κ3) is 3.17. The standard InChI is InChI=1S/C14H13ClFN3O2/c1-21-12-3-2-8(6-11(12)16)19-13-9(14(18)20)4-7(17)5-10(13)15/h2-6,19H,17H2,1H3,(H2,18,20). The van der Waals surface area contributed by atoms with Crippen molar-refractivity contribution in [1.29, 1.82) is 0 Å². The minimum absolute atomic E-state index is 0.110. The number of carbonyl (C=O) groups excluding carboxylic acids is 1. The molecule has 0 fully saturated rings. The zero-order chi connectivity index (χ0) is 15.6. The van der Waals surface area contributed by atoms with E-state index in [1.54, 1.807) is 6.07 Å². The highest BCUT2D eigenvalue weighted by molar-refractivity contribution is 6.34. The molecule has 0 heterocycles. The number of hydrogen-bond donors (Lipinski definition) is 3. The Kier molecular flexibility index (Phi) is 4.18. The summed E-state index contributed by atoms with van der Waals surface area (Å²) in [5, 5.41) is 3.07. The smallest absolute Gasteiger partial charge is 0.250 e. The zero-order valence-corrected chi connectivity index (χ0v) is 11.9. The summed E-state index contributed by atoms with van der Waals surface area (Å²) in [7, 11) is 1.37. The number of amides is 1. The lowest BCUT2D eigenvalue weighted by molar-refractivity contribution is 0.100. The van der Waals surface area contributed by atoms with Crippen LogP contribution in [0.15, 0.2) is 30.3 Å². The number of nitrogen functional groups attached to an aromatic ring is 1. The summed E-state index contributed by atoms with van der Waals surface area (Å²) >= 11 is 6.06. The van der Waals surface area contributed by atoms with Gasteiger partial charge in [-0.05, 0) is 24.3 Å². The maximum Gasteiger partial charge on any atom is 0.250 e. The molecule has 0 atom stereocenters. The fraction of sp³-hybridized carbons (Fsp3) is 0.0714. The molecule has 7 heteroatoms. The van der Waals surface area contributed by atoms with Crippen LogP contribution in [0, 0.1) is 5.82 Å². The molecule has 0 aromatic heterocycles. The predicted octanol–water partition coefficient (Wildman–Crippen LogP) is 2.91. The van der Waals surface area contributed by atoms with E-state index in [0.29, 0.717) is 11.4 Å². The summed E-state index contributed by atoms with van der Waals surface area (Å²) in [6.07, 6.45) is 0. The van der Waals surface area contributed by atoms with Gasteiger partial charge in [-0.2, -0.15) is 0 Å². The van der Waals surface area contributed by atoms with Gasteiger partial charge in [-0.3, -0.25) is 4.79 Å². The molecule has 5 N–H and O–H groups in total. The van der Waals surface area contributed by atoms with Crippen LogP contribution in [0.4, 0.5) is 21.5 Å². The highest BCUT2D eigenvalue weighted by Crippen LogP contribution is 2.32. The Labute approximate surface area is 125 Å². The Morgan fingerprint density at radius 3 is 2.62 bits per heavy atom. The normalized spacial score (nSPS) is 10.2. The van der Waals surface area contributed by atoms with Crippen LogP contribution in [0.5, 0.6) is 5.75 Å². The van der Waals surface area contributed by atoms with Gasteiger partial charge in [0.1, 0.15) is 0 Å². The highest BCUT2D eigenvalue weighted by Gasteiger charge is 2.14. The van der Waals surface area contributed by atoms with Crippen molar-refractivity contribution in [3.05, 3.63) is 46.7 Å². The summed E-state index contributed by atoms with van der Waals surface area (Å²) in [4.78, 5) is 11.5. The average Bonchev–Trinajstić information content (AvgIpc) is 2.41. The summed E-state index contributed by atoms with van der Waals surface area (Å²) in [6, 6.07) is 7.12. The second-order valence-corrected chi connectivity index (χ2v) is 4.67. The lowest BCUT2D eigenvalue weighted by atomic mass is 10.1. The second-order valence-electron chi connectivity index (χ2n) is 4.26. The largest absolute Gasteiger partial charge is 0.494 e. The zero-order valence-electron chi connectivity index (χ0n) is 11.1. The van der Waals surface area contributed by atoms with E-state index in [1.807, 2.05) is 0 Å². The summed E-state index contributed by atoms with van der Waals surface area (Å²) < 4.78 is 18.5. The number of carbonyl (C=O) groups is 1. The second kappa shape index (κ2) is 5.88. The number of halogens is 2. The van der Waals surface area contributed by atoms with Crippen molar-refractivity contribution in [3.63, 3.8) is 0 Å². The van der Waals surface area contributed by atoms with Crippen LogP contribution >= 0.6 is 11.6 Å². The van der Waals surface area contributed by atoms with Crippen molar-refractivity contribution in [3.8, 4) is 5.75 Å². The number of primary amides is 1. The third-order valence-electron chi connectivity index (χ3n) is 2.80. The lowest BCUT2D eigenvalue weighted by Gasteiger charge is -2.13. The summed E-state index contributed by atoms with van der Waals surface area (Å²) in [6.45, 7) is 0. The van der Waals surface area contributed by atoms with Gasteiger partial charge in [0.2, 0.25) is 0 Å². The third-order valence-corrected chi connectivity index (χ3v) is 3.10. The molecule has 2 aromatic rings. The molecule has 0 aliphatic carbocycles. The van der Waals surface area contributed by atoms with Crippen molar-refractivity contribution in [1.82, 2.24) is 0 Å². The lowest BCUT2D eigenvalue weighted by Crippen LogP contribution is -2.14. The number of anilines is 3. The van der Waals surface area contributed by atoms with Crippen LogP contribution in [0.1, 0.15) is 10.4 Å². The first-order valence-electron chi connectivity index (χ1n) is 5.91. The van der Waals surface area contributed by atoms with Gasteiger partial charge in [-0.1, -0.05) is 11.6 Å². The molecule has 0 aliphatic heterocycles. The summed E-state index contributed by atoms with van der Waals surface area (Å²) in [5.74, 6) is -1.13. The Bertz CT molecular complexity index is 707. The maximum atomic E-state index is 13.7. The van der Waals surface area contributed by atoms with Crippen molar-refractivity contribution in [2.45, 2.75) is 0 Å². The topological polar surface area (TPSA) is 90.4 Å². The number of methoxy groups -OCH3 is 1. The van der Waals surface area contributed by atoms with Gasteiger partial charge in [0.25, 0.3) is 5.91 Å². The van der Waals surface area contributed by atoms with Crippen molar-refractivity contribution in [2.24, 2.45) is 5.73 Å². The highest BCUT2D eigenvalue weighted by atomic mass is 35.5. The number of rotatable bonds is 4. The van der Waals surface area contributed by atoms with Gasteiger partial charge in [0, 0.05) is 17.4 Å². The summed E-state index contributed by atoms with van der Waals surface area (Å²) in [5.41, 5.74) is 12.0. The first kappa shape index (κ1) is 14.9. The van der Waals surface area contributed by atoms with E-state index < -0.39 is 11.7 Å². The van der Waals surface area contributed by atoms with Gasteiger partial charge in [-0.25, -0.2) is 4.39 Å². The number of hydrogen-bond acceptors (Lipinski definition) is 4. The fourth-order valence-corrected chi connectivity index (χ4v) is 2.11. The molecular formula is C14H13ClFN3O2. The van der Waals surface area contributed by atoms with Gasteiger partial charge < -0.3 is 21.5 Å². The first-order chi connectivity index (χ1) is 9.92. The molecule has 0 radical (unpaired) electrons. The van der Waals surface area contributed by atoms with E-state index in [4.69, 9.17) is 27.8 Å². The van der Waals surface area contributed by atoms with Gasteiger partial charge in [0.15, 0.2) is 11.6 Å². The Hall–Kier alpha value is -2.47. The van der Waals surface area contributed by atoms with Crippen LogP contribution in [-0.4, -0.2) is 13.0 Å². The SMILES string of the molecule is COc1ccc(Nc2c(Cl)cc(N)cc2C(N)=O)cc1F. The van der Waals surface area contributed by atoms with Crippen LogP contribution < -0.4 is 21.5 Å². The van der Waals surface area contributed by atoms with Crippen molar-refractivity contribution < 1.29 is 13.9 Å². The van der Waals surface area contributed by atoms with E-state index >= 15 is 0 Å². The minimum Gasteiger partial charge on any atom is -0.494 e. The number of nitrogens with two attached hydrogens (primary N) is 2. The molecule has 0 aliphatic rings. The van der Waals surface area contributed by atoms with E-state index in [0.717, 1.165) is 0 Å². The molecule has 0 saturated carbocycles. The molecule has 0 unspecified atom stereocenters. The monoisotopic (exact) mass is 309 g/mol. The maximum absolute atomic E-state index is 13.7. The van der Waals surface area contributed by atoms with E-state index in [-0.39, 0.29) is 22.0 Å². The van der Waals surface area contributed by atoms with Crippen LogP contribution in [-0.2, 0) is 0 Å². The van der Waals surface area contributed by atoms with Gasteiger partial charge in [0.05, 0.1) is 23.4 Å². The first-order valence-corrected chi connectivity index (χ1v) is 6.29. The van der Waals surface area contributed by atoms with Crippen molar-refractivity contribution in [2.75, 3.05) is 18.2 Å². The van der Waals surface area contributed by atoms with Crippen LogP contribution in [0.2, 0.25) is 5.02 Å². The van der Waals surface area contributed by atoms with Crippen LogP contribution in [0.25, 0.3) is 0 Å². The van der Waals surface area contributed by atoms with Crippen LogP contribution in [0.3, 0.4) is 0 Å². The Morgan fingerprint density at radius 1 is 1.33 bits per heavy atom. The molecule has 21 heavy (non-hydrogen) atoms. The van der Waals surface area contributed by atoms with Crippen molar-refractivity contribution >= 4 is 34.6 Å². The molecule has 1 amide bonds. The Balaban J connectivity index is 2.44. The van der Waals surface area contributed by atoms with E-state index in [9.17, 15) is 9.18 Å². The molecule has 5 nitrogen and oxygen atoms in total. The van der Waals surface area contributed by atoms with E-state index in [1.165, 1.54) is 31.4 Å². The number of benzene rings is 2. The number of nitrogens with one attached hydrogen (secondary N) is 1. The molecule has 2 aromatic carbocycles. The van der Waals surface area contributed by atoms with Gasteiger partial charge in [-0.15, -0.1) is 0 Å². The molecule has 0 bridgehead atoms. The molecule has 2 rings (SSSR count). The molecule has 0 spiro atoms. The Morgan fingerprint density at radius 2 is 2.05 bits per heavy atom. The van der Waals surface area contributed by atoms with E-state index in [2.05, 4.69) is 5.32 Å². The predicted molar refractivity (Wildman–Crippen MR) is 80.6 cm³/mol. The molecular weight excluding hydrogens is 297 g/mol. The molecule has 110 valence electrons. The number of ether oxygens (including phenoxy) is 1.